The van der Waals surface area contributed by atoms with Crippen molar-refractivity contribution < 1.29 is 14.3 Å². The van der Waals surface area contributed by atoms with Gasteiger partial charge in [0.05, 0.1) is 0 Å². The Kier molecular flexibility index (Phi) is 8.17. The van der Waals surface area contributed by atoms with E-state index < -0.39 is 12.6 Å². The Bertz CT molecular complexity index is 205. The molecule has 12 heavy (non-hydrogen) atoms. The first-order chi connectivity index (χ1) is 4.98. The van der Waals surface area contributed by atoms with E-state index in [1.54, 1.807) is 0 Å². The van der Waals surface area contributed by atoms with E-state index in [4.69, 9.17) is 16.5 Å². The molecule has 0 aliphatic carbocycles. The Balaban J connectivity index is 0. The average molecular weight is 233 g/mol. The molecule has 0 saturated heterocycles. The van der Waals surface area contributed by atoms with Gasteiger partial charge in [0.2, 0.25) is 12.6 Å². The van der Waals surface area contributed by atoms with Crippen molar-refractivity contribution in [1.82, 2.24) is 0 Å². The molecule has 0 radical (unpaired) electrons. The van der Waals surface area contributed by atoms with Gasteiger partial charge in [0, 0.05) is 18.7 Å². The van der Waals surface area contributed by atoms with Crippen LogP contribution in [0.1, 0.15) is 6.42 Å². The van der Waals surface area contributed by atoms with Crippen molar-refractivity contribution >= 4 is 36.6 Å². The van der Waals surface area contributed by atoms with Crippen molar-refractivity contribution in [3.63, 3.8) is 0 Å². The summed E-state index contributed by atoms with van der Waals surface area (Å²) in [5.41, 5.74) is 0. The number of halogens is 2. The fraction of sp³-hybridized carbons (Fsp3) is 0.500. The van der Waals surface area contributed by atoms with E-state index in [9.17, 15) is 9.36 Å². The molecule has 1 unspecified atom stereocenters. The standard InChI is InChI=1S/C6H10ClO3P.ClH/c1-2-4-11(9,10)5-3-6(7)8;/h2H,1,3-5H2,(H,9,10);1H. The molecule has 1 N–H and O–H groups in total. The first-order valence-corrected chi connectivity index (χ1v) is 5.49. The molecule has 0 fully saturated rings. The molecule has 0 amide bonds. The summed E-state index contributed by atoms with van der Waals surface area (Å²) in [7, 11) is -3.17. The van der Waals surface area contributed by atoms with E-state index in [0.717, 1.165) is 0 Å². The topological polar surface area (TPSA) is 54.4 Å². The minimum absolute atomic E-state index is 0. The number of allylic oxidation sites excluding steroid dienone is 1. The summed E-state index contributed by atoms with van der Waals surface area (Å²) in [4.78, 5) is 19.2. The molecule has 0 rings (SSSR count). The van der Waals surface area contributed by atoms with Crippen molar-refractivity contribution in [2.75, 3.05) is 12.3 Å². The van der Waals surface area contributed by atoms with Gasteiger partial charge in [0.25, 0.3) is 0 Å². The zero-order chi connectivity index (χ0) is 8.91. The molecule has 0 saturated carbocycles. The van der Waals surface area contributed by atoms with Gasteiger partial charge in [-0.25, -0.2) is 0 Å². The quantitative estimate of drug-likeness (QED) is 0.449. The van der Waals surface area contributed by atoms with Crippen LogP contribution in [0.5, 0.6) is 0 Å². The third-order valence-electron chi connectivity index (χ3n) is 1.07. The van der Waals surface area contributed by atoms with Crippen molar-refractivity contribution in [3.8, 4) is 0 Å². The van der Waals surface area contributed by atoms with Crippen LogP contribution >= 0.6 is 31.4 Å². The van der Waals surface area contributed by atoms with E-state index in [1.165, 1.54) is 6.08 Å². The minimum atomic E-state index is -3.17. The molecule has 6 heteroatoms. The van der Waals surface area contributed by atoms with Gasteiger partial charge >= 0.3 is 0 Å². The largest absolute Gasteiger partial charge is 0.344 e. The summed E-state index contributed by atoms with van der Waals surface area (Å²) in [5, 5.41) is -0.580. The Morgan fingerprint density at radius 1 is 1.67 bits per heavy atom. The van der Waals surface area contributed by atoms with Crippen molar-refractivity contribution in [2.45, 2.75) is 6.42 Å². The van der Waals surface area contributed by atoms with Gasteiger partial charge in [-0.2, -0.15) is 0 Å². The van der Waals surface area contributed by atoms with Crippen LogP contribution in [0.4, 0.5) is 0 Å². The molecule has 3 nitrogen and oxygen atoms in total. The van der Waals surface area contributed by atoms with Gasteiger partial charge in [-0.15, -0.1) is 19.0 Å². The second-order valence-electron chi connectivity index (χ2n) is 2.15. The smallest absolute Gasteiger partial charge is 0.222 e. The molecule has 0 aliphatic heterocycles. The number of hydrogen-bond acceptors (Lipinski definition) is 2. The van der Waals surface area contributed by atoms with Crippen LogP contribution in [0.15, 0.2) is 12.7 Å². The maximum Gasteiger partial charge on any atom is 0.222 e. The first kappa shape index (κ1) is 14.7. The molecule has 0 aliphatic rings. The van der Waals surface area contributed by atoms with E-state index in [0.29, 0.717) is 0 Å². The molecule has 0 spiro atoms. The van der Waals surface area contributed by atoms with Crippen LogP contribution in [0, 0.1) is 0 Å². The van der Waals surface area contributed by atoms with Gasteiger partial charge in [0.1, 0.15) is 0 Å². The molecular formula is C6H11Cl2O3P. The number of carbonyl (C=O) groups excluding carboxylic acids is 1. The number of rotatable bonds is 5. The number of hydrogen-bond donors (Lipinski definition) is 1. The van der Waals surface area contributed by atoms with Crippen LogP contribution < -0.4 is 0 Å². The summed E-state index contributed by atoms with van der Waals surface area (Å²) in [5.74, 6) is 0. The molecular weight excluding hydrogens is 222 g/mol. The first-order valence-electron chi connectivity index (χ1n) is 3.08. The molecule has 1 atom stereocenters. The molecule has 0 aromatic rings. The molecule has 0 aromatic heterocycles. The Morgan fingerprint density at radius 3 is 2.50 bits per heavy atom. The predicted octanol–water partition coefficient (Wildman–Crippen LogP) is 2.02. The highest BCUT2D eigenvalue weighted by molar-refractivity contribution is 7.58. The fourth-order valence-corrected chi connectivity index (χ4v) is 1.92. The summed E-state index contributed by atoms with van der Waals surface area (Å²) in [6, 6.07) is 0. The van der Waals surface area contributed by atoms with E-state index in [1.807, 2.05) is 0 Å². The Labute approximate surface area is 82.7 Å². The highest BCUT2D eigenvalue weighted by atomic mass is 35.5. The monoisotopic (exact) mass is 232 g/mol. The lowest BCUT2D eigenvalue weighted by atomic mass is 10.5. The third-order valence-corrected chi connectivity index (χ3v) is 3.01. The second-order valence-corrected chi connectivity index (χ2v) is 5.07. The number of carbonyl (C=O) groups is 1. The zero-order valence-corrected chi connectivity index (χ0v) is 8.87. The lowest BCUT2D eigenvalue weighted by Gasteiger charge is -2.05. The maximum atomic E-state index is 11.0. The van der Waals surface area contributed by atoms with Gasteiger partial charge < -0.3 is 4.89 Å². The Hall–Kier alpha value is 0.180. The lowest BCUT2D eigenvalue weighted by Crippen LogP contribution is -1.96. The Morgan fingerprint density at radius 2 is 2.17 bits per heavy atom. The molecule has 72 valence electrons. The van der Waals surface area contributed by atoms with Gasteiger partial charge in [-0.05, 0) is 11.6 Å². The van der Waals surface area contributed by atoms with Crippen molar-refractivity contribution in [2.24, 2.45) is 0 Å². The second kappa shape index (κ2) is 6.67. The van der Waals surface area contributed by atoms with E-state index in [-0.39, 0.29) is 31.2 Å². The molecule has 0 heterocycles. The highest BCUT2D eigenvalue weighted by Gasteiger charge is 2.16. The third kappa shape index (κ3) is 8.28. The van der Waals surface area contributed by atoms with E-state index >= 15 is 0 Å². The van der Waals surface area contributed by atoms with Crippen LogP contribution in [-0.2, 0) is 9.36 Å². The zero-order valence-electron chi connectivity index (χ0n) is 6.40. The maximum absolute atomic E-state index is 11.0. The summed E-state index contributed by atoms with van der Waals surface area (Å²) in [6.45, 7) is 3.32. The SMILES string of the molecule is C=CCP(=O)(O)CCC(=O)Cl.Cl. The van der Waals surface area contributed by atoms with E-state index in [2.05, 4.69) is 6.58 Å². The summed E-state index contributed by atoms with van der Waals surface area (Å²) in [6.07, 6.45) is 1.29. The van der Waals surface area contributed by atoms with Crippen molar-refractivity contribution in [3.05, 3.63) is 12.7 Å². The minimum Gasteiger partial charge on any atom is -0.344 e. The van der Waals surface area contributed by atoms with Crippen LogP contribution in [0.3, 0.4) is 0 Å². The van der Waals surface area contributed by atoms with Crippen LogP contribution in [0.2, 0.25) is 0 Å². The van der Waals surface area contributed by atoms with Crippen molar-refractivity contribution in [1.29, 1.82) is 0 Å². The van der Waals surface area contributed by atoms with Gasteiger partial charge in [-0.1, -0.05) is 6.08 Å². The molecule has 0 aromatic carbocycles. The predicted molar refractivity (Wildman–Crippen MR) is 52.5 cm³/mol. The van der Waals surface area contributed by atoms with Gasteiger partial charge in [-0.3, -0.25) is 9.36 Å². The fourth-order valence-electron chi connectivity index (χ4n) is 0.556. The average Bonchev–Trinajstić information content (AvgIpc) is 1.84. The lowest BCUT2D eigenvalue weighted by molar-refractivity contribution is -0.111. The highest BCUT2D eigenvalue weighted by Crippen LogP contribution is 2.40. The van der Waals surface area contributed by atoms with Crippen LogP contribution in [0.25, 0.3) is 0 Å². The summed E-state index contributed by atoms with van der Waals surface area (Å²) < 4.78 is 11.0. The molecule has 0 bridgehead atoms. The summed E-state index contributed by atoms with van der Waals surface area (Å²) >= 11 is 4.99. The van der Waals surface area contributed by atoms with Crippen LogP contribution in [-0.4, -0.2) is 22.5 Å². The van der Waals surface area contributed by atoms with Gasteiger partial charge in [0.15, 0.2) is 0 Å². The normalized spacial score (nSPS) is 14.2.